The van der Waals surface area contributed by atoms with Crippen molar-refractivity contribution in [2.24, 2.45) is 0 Å². The van der Waals surface area contributed by atoms with Gasteiger partial charge in [-0.1, -0.05) is 29.3 Å². The Morgan fingerprint density at radius 2 is 1.84 bits per heavy atom. The molecule has 7 heteroatoms. The van der Waals surface area contributed by atoms with Crippen LogP contribution in [-0.2, 0) is 0 Å². The van der Waals surface area contributed by atoms with E-state index in [0.717, 1.165) is 18.7 Å². The fourth-order valence-electron chi connectivity index (χ4n) is 3.72. The van der Waals surface area contributed by atoms with Crippen LogP contribution in [0.3, 0.4) is 0 Å². The summed E-state index contributed by atoms with van der Waals surface area (Å²) in [6.07, 6.45) is 5.60. The monoisotopic (exact) mass is 378 g/mol. The first-order valence-electron chi connectivity index (χ1n) is 8.24. The Balaban J connectivity index is 2.11. The van der Waals surface area contributed by atoms with Gasteiger partial charge in [0.1, 0.15) is 16.8 Å². The van der Waals surface area contributed by atoms with E-state index in [1.807, 2.05) is 10.6 Å². The molecule has 0 aliphatic carbocycles. The maximum atomic E-state index is 14.7. The average molecular weight is 379 g/mol. The van der Waals surface area contributed by atoms with Gasteiger partial charge in [-0.2, -0.15) is 4.98 Å². The van der Waals surface area contributed by atoms with E-state index in [1.165, 1.54) is 6.07 Å². The molecule has 4 nitrogen and oxygen atoms in total. The van der Waals surface area contributed by atoms with Gasteiger partial charge in [0.05, 0.1) is 10.6 Å². The summed E-state index contributed by atoms with van der Waals surface area (Å²) in [4.78, 5) is 10.9. The summed E-state index contributed by atoms with van der Waals surface area (Å²) in [5.41, 5.74) is 0.787. The predicted octanol–water partition coefficient (Wildman–Crippen LogP) is 5.22. The number of anilines is 1. The molecule has 2 aromatic heterocycles. The summed E-state index contributed by atoms with van der Waals surface area (Å²) in [5, 5.41) is 0.510. The highest BCUT2D eigenvalue weighted by atomic mass is 35.5. The smallest absolute Gasteiger partial charge is 0.236 e. The predicted molar refractivity (Wildman–Crippen MR) is 99.0 cm³/mol. The Morgan fingerprint density at radius 3 is 2.52 bits per heavy atom. The zero-order chi connectivity index (χ0) is 17.7. The van der Waals surface area contributed by atoms with Crippen molar-refractivity contribution in [1.29, 1.82) is 0 Å². The molecule has 130 valence electrons. The Bertz CT molecular complexity index is 925. The second-order valence-electron chi connectivity index (χ2n) is 6.48. The number of nitrogens with zero attached hydrogens (tertiary/aromatic N) is 4. The van der Waals surface area contributed by atoms with E-state index in [0.29, 0.717) is 28.4 Å². The summed E-state index contributed by atoms with van der Waals surface area (Å²) in [6.45, 7) is 4.32. The third kappa shape index (κ3) is 2.57. The fraction of sp³-hybridized carbons (Fsp3) is 0.333. The van der Waals surface area contributed by atoms with Crippen LogP contribution in [0.5, 0.6) is 0 Å². The van der Waals surface area contributed by atoms with E-state index in [2.05, 4.69) is 28.7 Å². The van der Waals surface area contributed by atoms with Crippen molar-refractivity contribution in [2.75, 3.05) is 4.90 Å². The van der Waals surface area contributed by atoms with Gasteiger partial charge in [0.15, 0.2) is 0 Å². The lowest BCUT2D eigenvalue weighted by Gasteiger charge is -2.31. The Morgan fingerprint density at radius 1 is 1.12 bits per heavy atom. The molecule has 2 unspecified atom stereocenters. The van der Waals surface area contributed by atoms with Crippen molar-refractivity contribution in [1.82, 2.24) is 14.4 Å². The van der Waals surface area contributed by atoms with Gasteiger partial charge in [-0.25, -0.2) is 9.37 Å². The molecule has 1 aliphatic heterocycles. The minimum atomic E-state index is -0.420. The standard InChI is InChI=1S/C18H17Cl2FN4/c1-10-6-7-11(2)25(10)17-15(14-12(19)4-3-5-13(14)21)16(20)23-18-22-8-9-24(17)18/h3-5,8-11H,6-7H2,1-2H3. The molecule has 3 heterocycles. The fourth-order valence-corrected chi connectivity index (χ4v) is 4.23. The number of hydrogen-bond donors (Lipinski definition) is 0. The molecule has 1 fully saturated rings. The van der Waals surface area contributed by atoms with Crippen LogP contribution >= 0.6 is 23.2 Å². The zero-order valence-electron chi connectivity index (χ0n) is 13.9. The van der Waals surface area contributed by atoms with Crippen LogP contribution < -0.4 is 4.90 Å². The third-order valence-electron chi connectivity index (χ3n) is 4.89. The van der Waals surface area contributed by atoms with Crippen LogP contribution in [0.15, 0.2) is 30.6 Å². The molecule has 2 atom stereocenters. The van der Waals surface area contributed by atoms with Crippen molar-refractivity contribution in [3.8, 4) is 11.1 Å². The summed E-state index contributed by atoms with van der Waals surface area (Å²) in [7, 11) is 0. The lowest BCUT2D eigenvalue weighted by atomic mass is 10.1. The van der Waals surface area contributed by atoms with E-state index >= 15 is 0 Å². The van der Waals surface area contributed by atoms with Crippen LogP contribution in [0.1, 0.15) is 26.7 Å². The highest BCUT2D eigenvalue weighted by Gasteiger charge is 2.33. The van der Waals surface area contributed by atoms with Gasteiger partial charge < -0.3 is 4.90 Å². The van der Waals surface area contributed by atoms with Crippen molar-refractivity contribution in [3.05, 3.63) is 46.6 Å². The maximum Gasteiger partial charge on any atom is 0.236 e. The minimum Gasteiger partial charge on any atom is -0.352 e. The summed E-state index contributed by atoms with van der Waals surface area (Å²) in [6, 6.07) is 5.22. The van der Waals surface area contributed by atoms with Crippen molar-refractivity contribution in [2.45, 2.75) is 38.8 Å². The van der Waals surface area contributed by atoms with Crippen LogP contribution in [0.2, 0.25) is 10.2 Å². The Hall–Kier alpha value is -1.85. The van der Waals surface area contributed by atoms with Crippen LogP contribution in [0.4, 0.5) is 10.2 Å². The number of fused-ring (bicyclic) bond motifs is 1. The molecule has 0 bridgehead atoms. The lowest BCUT2D eigenvalue weighted by molar-refractivity contribution is 0.630. The van der Waals surface area contributed by atoms with Gasteiger partial charge in [-0.05, 0) is 38.8 Å². The molecule has 0 N–H and O–H groups in total. The van der Waals surface area contributed by atoms with Gasteiger partial charge in [0.25, 0.3) is 0 Å². The molecule has 0 spiro atoms. The molecular weight excluding hydrogens is 362 g/mol. The highest BCUT2D eigenvalue weighted by Crippen LogP contribution is 2.44. The molecule has 25 heavy (non-hydrogen) atoms. The van der Waals surface area contributed by atoms with E-state index < -0.39 is 5.82 Å². The maximum absolute atomic E-state index is 14.7. The van der Waals surface area contributed by atoms with Crippen LogP contribution in [-0.4, -0.2) is 26.5 Å². The van der Waals surface area contributed by atoms with Gasteiger partial charge in [-0.15, -0.1) is 0 Å². The Labute approximate surface area is 155 Å². The van der Waals surface area contributed by atoms with Crippen molar-refractivity contribution >= 4 is 34.8 Å². The number of benzene rings is 1. The van der Waals surface area contributed by atoms with Crippen molar-refractivity contribution < 1.29 is 4.39 Å². The largest absolute Gasteiger partial charge is 0.352 e. The number of halogens is 3. The van der Waals surface area contributed by atoms with E-state index in [4.69, 9.17) is 23.2 Å². The summed E-state index contributed by atoms with van der Waals surface area (Å²) >= 11 is 12.8. The first-order valence-corrected chi connectivity index (χ1v) is 9.00. The minimum absolute atomic E-state index is 0.201. The average Bonchev–Trinajstić information content (AvgIpc) is 3.14. The second kappa shape index (κ2) is 6.15. The number of rotatable bonds is 2. The lowest BCUT2D eigenvalue weighted by Crippen LogP contribution is -2.34. The highest BCUT2D eigenvalue weighted by molar-refractivity contribution is 6.36. The van der Waals surface area contributed by atoms with E-state index in [1.54, 1.807) is 18.3 Å². The third-order valence-corrected chi connectivity index (χ3v) is 5.48. The second-order valence-corrected chi connectivity index (χ2v) is 7.24. The SMILES string of the molecule is CC1CCC(C)N1c1c(-c2c(F)cccc2Cl)c(Cl)nc2nccn12. The van der Waals surface area contributed by atoms with E-state index in [-0.39, 0.29) is 10.7 Å². The molecule has 0 saturated carbocycles. The van der Waals surface area contributed by atoms with Gasteiger partial charge >= 0.3 is 0 Å². The number of imidazole rings is 1. The first-order chi connectivity index (χ1) is 12.0. The number of hydrogen-bond acceptors (Lipinski definition) is 3. The van der Waals surface area contributed by atoms with Crippen molar-refractivity contribution in [3.63, 3.8) is 0 Å². The zero-order valence-corrected chi connectivity index (χ0v) is 15.4. The quantitative estimate of drug-likeness (QED) is 0.573. The molecular formula is C18H17Cl2FN4. The molecule has 1 aliphatic rings. The van der Waals surface area contributed by atoms with Gasteiger partial charge in [0.2, 0.25) is 5.78 Å². The topological polar surface area (TPSA) is 33.4 Å². The molecule has 0 radical (unpaired) electrons. The summed E-state index contributed by atoms with van der Waals surface area (Å²) < 4.78 is 16.6. The first kappa shape index (κ1) is 16.6. The van der Waals surface area contributed by atoms with E-state index in [9.17, 15) is 4.39 Å². The normalized spacial score (nSPS) is 20.6. The van der Waals surface area contributed by atoms with Gasteiger partial charge in [-0.3, -0.25) is 4.40 Å². The van der Waals surface area contributed by atoms with Crippen LogP contribution in [0, 0.1) is 5.82 Å². The van der Waals surface area contributed by atoms with Crippen LogP contribution in [0.25, 0.3) is 16.9 Å². The summed E-state index contributed by atoms with van der Waals surface area (Å²) in [5.74, 6) is 0.857. The van der Waals surface area contributed by atoms with Gasteiger partial charge in [0, 0.05) is 30.0 Å². The molecule has 1 aromatic carbocycles. The molecule has 1 saturated heterocycles. The number of aromatic nitrogens is 3. The molecule has 0 amide bonds. The Kier molecular flexibility index (Phi) is 4.08. The molecule has 3 aromatic rings. The molecule has 4 rings (SSSR count).